The lowest BCUT2D eigenvalue weighted by atomic mass is 9.87. The molecule has 130 valence electrons. The SMILES string of the molecule is O=C(CC1(C(=O)O)CCCN1C(=O)O)c1ccc2c(O)cccc2c1. The van der Waals surface area contributed by atoms with Gasteiger partial charge in [-0.15, -0.1) is 0 Å². The van der Waals surface area contributed by atoms with Crippen molar-refractivity contribution >= 4 is 28.6 Å². The molecule has 7 nitrogen and oxygen atoms in total. The number of fused-ring (bicyclic) bond motifs is 1. The van der Waals surface area contributed by atoms with Crippen LogP contribution in [0, 0.1) is 0 Å². The first-order valence-corrected chi connectivity index (χ1v) is 7.84. The van der Waals surface area contributed by atoms with Crippen LogP contribution in [-0.2, 0) is 4.79 Å². The van der Waals surface area contributed by atoms with E-state index < -0.39 is 29.8 Å². The Kier molecular flexibility index (Phi) is 4.08. The van der Waals surface area contributed by atoms with E-state index in [1.165, 1.54) is 12.1 Å². The Morgan fingerprint density at radius 2 is 1.88 bits per heavy atom. The number of aliphatic carboxylic acids is 1. The van der Waals surface area contributed by atoms with Gasteiger partial charge < -0.3 is 15.3 Å². The predicted octanol–water partition coefficient (Wildman–Crippen LogP) is 2.72. The number of hydrogen-bond donors (Lipinski definition) is 3. The second-order valence-corrected chi connectivity index (χ2v) is 6.19. The monoisotopic (exact) mass is 343 g/mol. The van der Waals surface area contributed by atoms with Crippen molar-refractivity contribution in [2.75, 3.05) is 6.54 Å². The van der Waals surface area contributed by atoms with Gasteiger partial charge in [0.15, 0.2) is 11.3 Å². The Bertz CT molecular complexity index is 877. The number of hydrogen-bond acceptors (Lipinski definition) is 4. The Hall–Kier alpha value is -3.09. The maximum Gasteiger partial charge on any atom is 0.408 e. The number of phenols is 1. The third-order valence-electron chi connectivity index (χ3n) is 4.75. The molecule has 0 radical (unpaired) electrons. The van der Waals surface area contributed by atoms with E-state index in [0.717, 1.165) is 4.90 Å². The summed E-state index contributed by atoms with van der Waals surface area (Å²) in [4.78, 5) is 36.7. The van der Waals surface area contributed by atoms with Gasteiger partial charge in [0.2, 0.25) is 0 Å². The van der Waals surface area contributed by atoms with E-state index in [-0.39, 0.29) is 24.3 Å². The molecule has 1 atom stereocenters. The minimum atomic E-state index is -1.73. The molecule has 0 spiro atoms. The van der Waals surface area contributed by atoms with Crippen LogP contribution in [-0.4, -0.2) is 50.1 Å². The smallest absolute Gasteiger partial charge is 0.408 e. The van der Waals surface area contributed by atoms with Gasteiger partial charge in [-0.1, -0.05) is 18.2 Å². The molecule has 25 heavy (non-hydrogen) atoms. The van der Waals surface area contributed by atoms with Crippen molar-refractivity contribution in [1.82, 2.24) is 4.90 Å². The molecule has 0 aromatic heterocycles. The molecule has 1 heterocycles. The fraction of sp³-hybridized carbons (Fsp3) is 0.278. The van der Waals surface area contributed by atoms with Gasteiger partial charge in [-0.05, 0) is 36.4 Å². The van der Waals surface area contributed by atoms with E-state index in [9.17, 15) is 29.7 Å². The van der Waals surface area contributed by atoms with Gasteiger partial charge in [-0.25, -0.2) is 9.59 Å². The summed E-state index contributed by atoms with van der Waals surface area (Å²) in [6.07, 6.45) is -1.25. The molecule has 1 saturated heterocycles. The molecule has 1 fully saturated rings. The molecule has 1 aliphatic heterocycles. The van der Waals surface area contributed by atoms with Crippen LogP contribution in [0.25, 0.3) is 10.8 Å². The number of Topliss-reactive ketones (excluding diaryl/α,β-unsaturated/α-hetero) is 1. The predicted molar refractivity (Wildman–Crippen MR) is 88.9 cm³/mol. The van der Waals surface area contributed by atoms with E-state index in [1.54, 1.807) is 24.3 Å². The molecule has 2 aromatic carbocycles. The maximum atomic E-state index is 12.7. The van der Waals surface area contributed by atoms with Crippen LogP contribution in [0.2, 0.25) is 0 Å². The molecule has 3 rings (SSSR count). The van der Waals surface area contributed by atoms with Crippen molar-refractivity contribution in [3.63, 3.8) is 0 Å². The molecule has 0 bridgehead atoms. The van der Waals surface area contributed by atoms with Gasteiger partial charge in [0.05, 0.1) is 0 Å². The van der Waals surface area contributed by atoms with Crippen LogP contribution >= 0.6 is 0 Å². The largest absolute Gasteiger partial charge is 0.507 e. The molecule has 1 amide bonds. The first kappa shape index (κ1) is 16.8. The molecule has 3 N–H and O–H groups in total. The summed E-state index contributed by atoms with van der Waals surface area (Å²) in [5.74, 6) is -1.66. The molecular formula is C18H17NO6. The van der Waals surface area contributed by atoms with Gasteiger partial charge in [0.1, 0.15) is 5.75 Å². The van der Waals surface area contributed by atoms with Gasteiger partial charge in [0, 0.05) is 23.9 Å². The maximum absolute atomic E-state index is 12.7. The number of carbonyl (C=O) groups is 3. The molecular weight excluding hydrogens is 326 g/mol. The highest BCUT2D eigenvalue weighted by molar-refractivity contribution is 6.04. The van der Waals surface area contributed by atoms with Gasteiger partial charge >= 0.3 is 12.1 Å². The van der Waals surface area contributed by atoms with Crippen molar-refractivity contribution in [2.45, 2.75) is 24.8 Å². The highest BCUT2D eigenvalue weighted by Crippen LogP contribution is 2.35. The Labute approximate surface area is 143 Å². The summed E-state index contributed by atoms with van der Waals surface area (Å²) in [5, 5.41) is 29.9. The van der Waals surface area contributed by atoms with Gasteiger partial charge in [0.25, 0.3) is 0 Å². The summed E-state index contributed by atoms with van der Waals surface area (Å²) >= 11 is 0. The molecule has 1 unspecified atom stereocenters. The average Bonchev–Trinajstić information content (AvgIpc) is 3.00. The number of aromatic hydroxyl groups is 1. The van der Waals surface area contributed by atoms with Crippen LogP contribution in [0.15, 0.2) is 36.4 Å². The molecule has 1 aliphatic rings. The Balaban J connectivity index is 1.95. The third-order valence-corrected chi connectivity index (χ3v) is 4.75. The van der Waals surface area contributed by atoms with E-state index in [2.05, 4.69) is 0 Å². The van der Waals surface area contributed by atoms with Gasteiger partial charge in [-0.2, -0.15) is 0 Å². The average molecular weight is 343 g/mol. The highest BCUT2D eigenvalue weighted by atomic mass is 16.4. The lowest BCUT2D eigenvalue weighted by molar-refractivity contribution is -0.148. The number of carbonyl (C=O) groups excluding carboxylic acids is 1. The number of nitrogens with zero attached hydrogens (tertiary/aromatic N) is 1. The van der Waals surface area contributed by atoms with E-state index in [0.29, 0.717) is 17.2 Å². The summed E-state index contributed by atoms with van der Waals surface area (Å²) in [5.41, 5.74) is -1.44. The first-order chi connectivity index (χ1) is 11.8. The first-order valence-electron chi connectivity index (χ1n) is 7.84. The van der Waals surface area contributed by atoms with Crippen LogP contribution in [0.5, 0.6) is 5.75 Å². The zero-order valence-electron chi connectivity index (χ0n) is 13.3. The quantitative estimate of drug-likeness (QED) is 0.735. The number of carboxylic acids is 1. The van der Waals surface area contributed by atoms with Crippen LogP contribution in [0.4, 0.5) is 4.79 Å². The summed E-state index contributed by atoms with van der Waals surface area (Å²) in [6.45, 7) is 0.0977. The van der Waals surface area contributed by atoms with Crippen molar-refractivity contribution < 1.29 is 29.7 Å². The van der Waals surface area contributed by atoms with Crippen LogP contribution in [0.3, 0.4) is 0 Å². The lowest BCUT2D eigenvalue weighted by Gasteiger charge is -2.32. The second-order valence-electron chi connectivity index (χ2n) is 6.19. The second kappa shape index (κ2) is 6.08. The zero-order chi connectivity index (χ0) is 18.2. The number of rotatable bonds is 4. The number of benzene rings is 2. The highest BCUT2D eigenvalue weighted by Gasteiger charge is 2.51. The van der Waals surface area contributed by atoms with Crippen LogP contribution in [0.1, 0.15) is 29.6 Å². The van der Waals surface area contributed by atoms with Crippen molar-refractivity contribution in [3.8, 4) is 5.75 Å². The Morgan fingerprint density at radius 3 is 2.56 bits per heavy atom. The fourth-order valence-electron chi connectivity index (χ4n) is 3.45. The summed E-state index contributed by atoms with van der Waals surface area (Å²) in [6, 6.07) is 9.60. The molecule has 2 aromatic rings. The Morgan fingerprint density at radius 1 is 1.12 bits per heavy atom. The van der Waals surface area contributed by atoms with E-state index in [1.807, 2.05) is 0 Å². The van der Waals surface area contributed by atoms with Gasteiger partial charge in [-0.3, -0.25) is 9.69 Å². The molecule has 0 aliphatic carbocycles. The minimum absolute atomic E-state index is 0.0892. The number of likely N-dealkylation sites (tertiary alicyclic amines) is 1. The normalized spacial score (nSPS) is 19.9. The lowest BCUT2D eigenvalue weighted by Crippen LogP contribution is -2.53. The summed E-state index contributed by atoms with van der Waals surface area (Å²) < 4.78 is 0. The summed E-state index contributed by atoms with van der Waals surface area (Å²) in [7, 11) is 0. The van der Waals surface area contributed by atoms with Crippen molar-refractivity contribution in [1.29, 1.82) is 0 Å². The van der Waals surface area contributed by atoms with E-state index >= 15 is 0 Å². The minimum Gasteiger partial charge on any atom is -0.507 e. The van der Waals surface area contributed by atoms with Crippen molar-refractivity contribution in [3.05, 3.63) is 42.0 Å². The van der Waals surface area contributed by atoms with E-state index in [4.69, 9.17) is 0 Å². The van der Waals surface area contributed by atoms with Crippen LogP contribution < -0.4 is 0 Å². The molecule has 7 heteroatoms. The number of amides is 1. The molecule has 0 saturated carbocycles. The zero-order valence-corrected chi connectivity index (χ0v) is 13.3. The topological polar surface area (TPSA) is 115 Å². The number of phenolic OH excluding ortho intramolecular Hbond substituents is 1. The number of ketones is 1. The van der Waals surface area contributed by atoms with Crippen molar-refractivity contribution in [2.24, 2.45) is 0 Å². The fourth-order valence-corrected chi connectivity index (χ4v) is 3.45. The number of carboxylic acid groups (broad SMARTS) is 2. The standard InChI is InChI=1S/C18H17NO6/c20-14-4-1-3-11-9-12(5-6-13(11)14)15(21)10-18(16(22)23)7-2-8-19(18)17(24)25/h1,3-6,9,20H,2,7-8,10H2,(H,22,23)(H,24,25). The third kappa shape index (κ3) is 2.77.